The lowest BCUT2D eigenvalue weighted by molar-refractivity contribution is 0.0535. The second-order valence-corrected chi connectivity index (χ2v) is 15.3. The van der Waals surface area contributed by atoms with Crippen LogP contribution in [0.2, 0.25) is 10.0 Å². The summed E-state index contributed by atoms with van der Waals surface area (Å²) in [5.74, 6) is 0.702. The molecule has 0 spiro atoms. The molecule has 2 amide bonds. The van der Waals surface area contributed by atoms with Gasteiger partial charge in [0.05, 0.1) is 22.3 Å². The number of hydrogen-bond donors (Lipinski definition) is 0. The van der Waals surface area contributed by atoms with E-state index in [9.17, 15) is 4.79 Å². The summed E-state index contributed by atoms with van der Waals surface area (Å²) in [5, 5.41) is 1.86. The molecule has 9 rings (SSSR count). The number of rotatable bonds is 7. The van der Waals surface area contributed by atoms with Gasteiger partial charge < -0.3 is 23.8 Å². The number of ether oxygens (including phenoxy) is 2. The lowest BCUT2D eigenvalue weighted by atomic mass is 9.92. The van der Waals surface area contributed by atoms with Gasteiger partial charge in [-0.05, 0) is 85.3 Å². The molecule has 0 N–H and O–H groups in total. The Morgan fingerprint density at radius 1 is 0.745 bits per heavy atom. The fourth-order valence-electron chi connectivity index (χ4n) is 8.01. The Kier molecular flexibility index (Phi) is 9.48. The van der Waals surface area contributed by atoms with E-state index in [0.29, 0.717) is 56.3 Å². The zero-order valence-electron chi connectivity index (χ0n) is 30.3. The molecule has 3 aliphatic heterocycles. The zero-order valence-corrected chi connectivity index (χ0v) is 31.8. The topological polar surface area (TPSA) is 70.5 Å². The van der Waals surface area contributed by atoms with Gasteiger partial charge in [0.2, 0.25) is 6.79 Å². The Morgan fingerprint density at radius 3 is 2.05 bits per heavy atom. The largest absolute Gasteiger partial charge is 0.454 e. The molecule has 0 aliphatic carbocycles. The molecular weight excluding hydrogens is 733 g/mol. The van der Waals surface area contributed by atoms with Gasteiger partial charge in [-0.3, -0.25) is 19.4 Å². The molecule has 278 valence electrons. The predicted molar refractivity (Wildman–Crippen MR) is 217 cm³/mol. The van der Waals surface area contributed by atoms with Crippen LogP contribution in [0.4, 0.5) is 11.4 Å². The van der Waals surface area contributed by atoms with Crippen molar-refractivity contribution in [2.24, 2.45) is 0 Å². The molecule has 0 saturated carbocycles. The van der Waals surface area contributed by atoms with Crippen LogP contribution in [0.1, 0.15) is 31.8 Å². The van der Waals surface area contributed by atoms with Gasteiger partial charge in [-0.1, -0.05) is 65.7 Å². The number of likely N-dealkylation sites (N-methyl/N-ethyl adjacent to an activating group) is 1. The van der Waals surface area contributed by atoms with Crippen molar-refractivity contribution in [2.75, 3.05) is 51.5 Å². The Bertz CT molecular complexity index is 2360. The molecule has 1 fully saturated rings. The van der Waals surface area contributed by atoms with Gasteiger partial charge in [-0.2, -0.15) is 0 Å². The lowest BCUT2D eigenvalue weighted by Crippen LogP contribution is -2.53. The van der Waals surface area contributed by atoms with Crippen molar-refractivity contribution in [1.29, 1.82) is 0 Å². The average molecular weight is 773 g/mol. The van der Waals surface area contributed by atoms with Crippen LogP contribution in [-0.4, -0.2) is 83.7 Å². The standard InChI is InChI=1S/C44H39Cl2N5O4/c1-47-18-20-48(21-19-47)26-35-22-29-6-2-3-7-30(29)25-49(35)43(52)37-23-41-42(55-28-54-41)24-40(37)50-27-38(36-8-4-5-9-39(36)50)44(53)51(33-14-10-31(45)11-15-33)34-16-12-32(46)13-17-34/h2-17,23-24,27,35H,18-22,25-26,28H2,1H3/t35-/m0/s1. The molecule has 4 heterocycles. The second-order valence-electron chi connectivity index (χ2n) is 14.4. The van der Waals surface area contributed by atoms with Gasteiger partial charge in [-0.15, -0.1) is 0 Å². The van der Waals surface area contributed by atoms with E-state index in [1.54, 1.807) is 35.2 Å². The van der Waals surface area contributed by atoms with Crippen LogP contribution in [0.5, 0.6) is 11.5 Å². The fourth-order valence-corrected chi connectivity index (χ4v) is 8.26. The van der Waals surface area contributed by atoms with Crippen molar-refractivity contribution in [3.63, 3.8) is 0 Å². The van der Waals surface area contributed by atoms with E-state index >= 15 is 4.79 Å². The third-order valence-electron chi connectivity index (χ3n) is 11.0. The van der Waals surface area contributed by atoms with Gasteiger partial charge in [-0.25, -0.2) is 0 Å². The summed E-state index contributed by atoms with van der Waals surface area (Å²) in [6, 6.07) is 34.1. The molecule has 0 bridgehead atoms. The van der Waals surface area contributed by atoms with E-state index in [0.717, 1.165) is 55.6 Å². The van der Waals surface area contributed by atoms with Crippen molar-refractivity contribution in [3.05, 3.63) is 148 Å². The highest BCUT2D eigenvalue weighted by Crippen LogP contribution is 2.40. The zero-order chi connectivity index (χ0) is 37.6. The molecule has 0 radical (unpaired) electrons. The van der Waals surface area contributed by atoms with E-state index in [1.807, 2.05) is 76.3 Å². The van der Waals surface area contributed by atoms with E-state index in [-0.39, 0.29) is 24.6 Å². The summed E-state index contributed by atoms with van der Waals surface area (Å²) in [6.07, 6.45) is 2.60. The first-order chi connectivity index (χ1) is 26.8. The quantitative estimate of drug-likeness (QED) is 0.162. The average Bonchev–Trinajstić information content (AvgIpc) is 3.84. The van der Waals surface area contributed by atoms with Crippen LogP contribution < -0.4 is 14.4 Å². The molecule has 1 aromatic heterocycles. The number of anilines is 2. The van der Waals surface area contributed by atoms with Crippen molar-refractivity contribution >= 4 is 57.3 Å². The van der Waals surface area contributed by atoms with Crippen molar-refractivity contribution in [2.45, 2.75) is 19.0 Å². The molecular formula is C44H39Cl2N5O4. The number of fused-ring (bicyclic) bond motifs is 3. The smallest absolute Gasteiger partial charge is 0.265 e. The third kappa shape index (κ3) is 6.82. The number of aromatic nitrogens is 1. The Morgan fingerprint density at radius 2 is 1.36 bits per heavy atom. The first kappa shape index (κ1) is 35.4. The number of amides is 2. The minimum absolute atomic E-state index is 0.0325. The molecule has 5 aromatic carbocycles. The number of hydrogen-bond acceptors (Lipinski definition) is 6. The van der Waals surface area contributed by atoms with Gasteiger partial charge in [0.1, 0.15) is 0 Å². The minimum atomic E-state index is -0.256. The predicted octanol–water partition coefficient (Wildman–Crippen LogP) is 8.46. The summed E-state index contributed by atoms with van der Waals surface area (Å²) < 4.78 is 13.7. The van der Waals surface area contributed by atoms with Crippen LogP contribution >= 0.6 is 23.2 Å². The Labute approximate surface area is 329 Å². The lowest BCUT2D eigenvalue weighted by Gasteiger charge is -2.41. The van der Waals surface area contributed by atoms with Crippen molar-refractivity contribution in [1.82, 2.24) is 19.3 Å². The van der Waals surface area contributed by atoms with Crippen LogP contribution in [0, 0.1) is 0 Å². The fraction of sp³-hybridized carbons (Fsp3) is 0.227. The summed E-state index contributed by atoms with van der Waals surface area (Å²) in [6.45, 7) is 5.25. The number of halogens is 2. The monoisotopic (exact) mass is 771 g/mol. The molecule has 55 heavy (non-hydrogen) atoms. The maximum atomic E-state index is 15.2. The van der Waals surface area contributed by atoms with E-state index < -0.39 is 0 Å². The van der Waals surface area contributed by atoms with Gasteiger partial charge in [0.15, 0.2) is 11.5 Å². The number of carbonyl (C=O) groups is 2. The maximum Gasteiger partial charge on any atom is 0.265 e. The second kappa shape index (κ2) is 14.7. The Balaban J connectivity index is 1.15. The summed E-state index contributed by atoms with van der Waals surface area (Å²) in [4.78, 5) is 38.6. The molecule has 9 nitrogen and oxygen atoms in total. The number of carbonyl (C=O) groups excluding carboxylic acids is 2. The molecule has 6 aromatic rings. The van der Waals surface area contributed by atoms with Crippen LogP contribution in [0.3, 0.4) is 0 Å². The number of benzene rings is 5. The van der Waals surface area contributed by atoms with E-state index in [2.05, 4.69) is 35.0 Å². The molecule has 1 atom stereocenters. The van der Waals surface area contributed by atoms with Crippen LogP contribution in [0.25, 0.3) is 16.6 Å². The number of para-hydroxylation sites is 1. The van der Waals surface area contributed by atoms with Gasteiger partial charge >= 0.3 is 0 Å². The summed E-state index contributed by atoms with van der Waals surface area (Å²) in [7, 11) is 2.15. The van der Waals surface area contributed by atoms with Gasteiger partial charge in [0, 0.05) is 84.4 Å². The molecule has 1 saturated heterocycles. The maximum absolute atomic E-state index is 15.2. The third-order valence-corrected chi connectivity index (χ3v) is 11.5. The number of nitrogens with zero attached hydrogens (tertiary/aromatic N) is 5. The van der Waals surface area contributed by atoms with Crippen LogP contribution in [-0.2, 0) is 13.0 Å². The molecule has 0 unspecified atom stereocenters. The summed E-state index contributed by atoms with van der Waals surface area (Å²) >= 11 is 12.6. The highest BCUT2D eigenvalue weighted by Gasteiger charge is 2.35. The summed E-state index contributed by atoms with van der Waals surface area (Å²) in [5.41, 5.74) is 6.01. The molecule has 11 heteroatoms. The number of piperazine rings is 1. The first-order valence-corrected chi connectivity index (χ1v) is 19.2. The van der Waals surface area contributed by atoms with Gasteiger partial charge in [0.25, 0.3) is 11.8 Å². The first-order valence-electron chi connectivity index (χ1n) is 18.5. The molecule has 3 aliphatic rings. The highest BCUT2D eigenvalue weighted by atomic mass is 35.5. The normalized spacial score (nSPS) is 17.0. The van der Waals surface area contributed by atoms with E-state index in [1.165, 1.54) is 5.56 Å². The van der Waals surface area contributed by atoms with Crippen molar-refractivity contribution < 1.29 is 19.1 Å². The Hall–Kier alpha value is -5.32. The minimum Gasteiger partial charge on any atom is -0.454 e. The highest BCUT2D eigenvalue weighted by molar-refractivity contribution is 6.31. The van der Waals surface area contributed by atoms with Crippen molar-refractivity contribution in [3.8, 4) is 17.2 Å². The SMILES string of the molecule is CN1CCN(C[C@@H]2Cc3ccccc3CN2C(=O)c2cc3c(cc2-n2cc(C(=O)N(c4ccc(Cl)cc4)c4ccc(Cl)cc4)c4ccccc42)OCO3)CC1. The van der Waals surface area contributed by atoms with Crippen LogP contribution in [0.15, 0.2) is 115 Å². The van der Waals surface area contributed by atoms with E-state index in [4.69, 9.17) is 32.7 Å².